The van der Waals surface area contributed by atoms with Crippen LogP contribution < -0.4 is 0 Å². The monoisotopic (exact) mass is 358 g/mol. The van der Waals surface area contributed by atoms with Gasteiger partial charge in [0.2, 0.25) is 0 Å². The first-order valence-electron chi connectivity index (χ1n) is 9.32. The average Bonchev–Trinajstić information content (AvgIpc) is 3.27. The van der Waals surface area contributed by atoms with E-state index in [0.29, 0.717) is 11.8 Å². The first-order valence-corrected chi connectivity index (χ1v) is 9.32. The maximum atomic E-state index is 4.89. The number of fused-ring (bicyclic) bond motifs is 1. The van der Waals surface area contributed by atoms with Gasteiger partial charge in [-0.2, -0.15) is 4.68 Å². The summed E-state index contributed by atoms with van der Waals surface area (Å²) in [6.07, 6.45) is 1.12. The molecule has 27 heavy (non-hydrogen) atoms. The summed E-state index contributed by atoms with van der Waals surface area (Å²) in [6.45, 7) is 5.91. The predicted molar refractivity (Wildman–Crippen MR) is 104 cm³/mol. The molecule has 0 bridgehead atoms. The Hall–Kier alpha value is -3.02. The second kappa shape index (κ2) is 5.74. The van der Waals surface area contributed by atoms with E-state index >= 15 is 0 Å². The molecule has 1 aliphatic rings. The number of aromatic nitrogens is 6. The zero-order chi connectivity index (χ0) is 18.7. The fourth-order valence-corrected chi connectivity index (χ4v) is 4.08. The molecule has 1 fully saturated rings. The lowest BCUT2D eigenvalue weighted by Gasteiger charge is -2.08. The molecular formula is C21H22N6. The summed E-state index contributed by atoms with van der Waals surface area (Å²) in [5.74, 6) is 4.57. The van der Waals surface area contributed by atoms with Crippen molar-refractivity contribution in [2.75, 3.05) is 0 Å². The van der Waals surface area contributed by atoms with Crippen LogP contribution in [0, 0.1) is 20.8 Å². The molecular weight excluding hydrogens is 336 g/mol. The second-order valence-electron chi connectivity index (χ2n) is 7.48. The minimum atomic E-state index is 0.454. The number of hydrogen-bond acceptors (Lipinski definition) is 4. The third-order valence-corrected chi connectivity index (χ3v) is 5.43. The van der Waals surface area contributed by atoms with E-state index in [4.69, 9.17) is 4.98 Å². The predicted octanol–water partition coefficient (Wildman–Crippen LogP) is 3.75. The Bertz CT molecular complexity index is 1170. The van der Waals surface area contributed by atoms with E-state index in [1.165, 1.54) is 16.9 Å². The van der Waals surface area contributed by atoms with Gasteiger partial charge < -0.3 is 4.57 Å². The molecule has 1 aliphatic carbocycles. The number of imidazole rings is 1. The van der Waals surface area contributed by atoms with Crippen molar-refractivity contribution in [3.63, 3.8) is 0 Å². The van der Waals surface area contributed by atoms with Gasteiger partial charge in [0.15, 0.2) is 5.82 Å². The summed E-state index contributed by atoms with van der Waals surface area (Å²) >= 11 is 0. The summed E-state index contributed by atoms with van der Waals surface area (Å²) in [4.78, 5) is 14.0. The van der Waals surface area contributed by atoms with Crippen LogP contribution in [0.25, 0.3) is 16.9 Å². The maximum Gasteiger partial charge on any atom is 0.156 e. The van der Waals surface area contributed by atoms with Crippen molar-refractivity contribution in [1.29, 1.82) is 0 Å². The van der Waals surface area contributed by atoms with Gasteiger partial charge in [0, 0.05) is 18.7 Å². The van der Waals surface area contributed by atoms with Crippen LogP contribution in [0.5, 0.6) is 0 Å². The molecule has 0 aliphatic heterocycles. The van der Waals surface area contributed by atoms with E-state index in [2.05, 4.69) is 57.0 Å². The average molecular weight is 358 g/mol. The van der Waals surface area contributed by atoms with Crippen molar-refractivity contribution in [2.45, 2.75) is 39.0 Å². The van der Waals surface area contributed by atoms with Gasteiger partial charge in [0.1, 0.15) is 17.5 Å². The van der Waals surface area contributed by atoms with Gasteiger partial charge in [-0.15, -0.1) is 5.10 Å². The van der Waals surface area contributed by atoms with Gasteiger partial charge in [0.05, 0.1) is 11.0 Å². The van der Waals surface area contributed by atoms with Crippen LogP contribution in [-0.4, -0.2) is 29.3 Å². The first-order chi connectivity index (χ1) is 13.0. The van der Waals surface area contributed by atoms with Crippen molar-refractivity contribution in [1.82, 2.24) is 29.3 Å². The highest BCUT2D eigenvalue weighted by atomic mass is 15.4. The third kappa shape index (κ3) is 2.63. The normalized spacial score (nSPS) is 19.0. The standard InChI is InChI=1S/C21H22N6/c1-12-9-15(10-20(22-12)27-14(3)23-13(2)25-27)16-11-17(16)21-24-18-7-5-6-8-19(18)26(21)4/h5-10,16-17H,11H2,1-4H3. The number of para-hydroxylation sites is 2. The largest absolute Gasteiger partial charge is 0.331 e. The Morgan fingerprint density at radius 3 is 2.52 bits per heavy atom. The Labute approximate surface area is 157 Å². The number of hydrogen-bond donors (Lipinski definition) is 0. The smallest absolute Gasteiger partial charge is 0.156 e. The molecule has 5 rings (SSSR count). The molecule has 0 spiro atoms. The van der Waals surface area contributed by atoms with E-state index in [0.717, 1.165) is 35.1 Å². The van der Waals surface area contributed by atoms with Gasteiger partial charge in [0.25, 0.3) is 0 Å². The van der Waals surface area contributed by atoms with Crippen LogP contribution in [-0.2, 0) is 7.05 Å². The molecule has 4 aromatic rings. The Morgan fingerprint density at radius 1 is 0.963 bits per heavy atom. The summed E-state index contributed by atoms with van der Waals surface area (Å²) in [6, 6.07) is 12.7. The number of rotatable bonds is 3. The van der Waals surface area contributed by atoms with Gasteiger partial charge in [-0.05, 0) is 62.9 Å². The molecule has 6 nitrogen and oxygen atoms in total. The third-order valence-electron chi connectivity index (χ3n) is 5.43. The Kier molecular flexibility index (Phi) is 3.44. The minimum absolute atomic E-state index is 0.454. The molecule has 0 radical (unpaired) electrons. The highest BCUT2D eigenvalue weighted by molar-refractivity contribution is 5.76. The highest BCUT2D eigenvalue weighted by Crippen LogP contribution is 2.54. The zero-order valence-corrected chi connectivity index (χ0v) is 16.0. The molecule has 2 unspecified atom stereocenters. The first kappa shape index (κ1) is 16.2. The summed E-state index contributed by atoms with van der Waals surface area (Å²) < 4.78 is 4.07. The van der Waals surface area contributed by atoms with Crippen molar-refractivity contribution < 1.29 is 0 Å². The van der Waals surface area contributed by atoms with Crippen LogP contribution in [0.1, 0.15) is 47.0 Å². The van der Waals surface area contributed by atoms with Crippen molar-refractivity contribution in [2.24, 2.45) is 7.05 Å². The lowest BCUT2D eigenvalue weighted by molar-refractivity contribution is 0.787. The SMILES string of the molecule is Cc1cc(C2CC2c2nc3ccccc3n2C)cc(-n2nc(C)nc2C)n1. The van der Waals surface area contributed by atoms with E-state index in [1.807, 2.05) is 31.5 Å². The summed E-state index contributed by atoms with van der Waals surface area (Å²) in [7, 11) is 2.12. The van der Waals surface area contributed by atoms with Gasteiger partial charge in [-0.25, -0.2) is 15.0 Å². The zero-order valence-electron chi connectivity index (χ0n) is 16.0. The van der Waals surface area contributed by atoms with Gasteiger partial charge >= 0.3 is 0 Å². The van der Waals surface area contributed by atoms with Crippen LogP contribution in [0.15, 0.2) is 36.4 Å². The lowest BCUT2D eigenvalue weighted by Crippen LogP contribution is -2.05. The number of nitrogens with zero attached hydrogens (tertiary/aromatic N) is 6. The second-order valence-corrected chi connectivity index (χ2v) is 7.48. The summed E-state index contributed by atoms with van der Waals surface area (Å²) in [5.41, 5.74) is 4.58. The quantitative estimate of drug-likeness (QED) is 0.560. The highest BCUT2D eigenvalue weighted by Gasteiger charge is 2.43. The molecule has 1 aromatic carbocycles. The van der Waals surface area contributed by atoms with E-state index < -0.39 is 0 Å². The maximum absolute atomic E-state index is 4.89. The molecule has 2 atom stereocenters. The fraction of sp³-hybridized carbons (Fsp3) is 0.333. The van der Waals surface area contributed by atoms with Crippen molar-refractivity contribution in [3.8, 4) is 5.82 Å². The number of benzene rings is 1. The molecule has 0 saturated heterocycles. The topological polar surface area (TPSA) is 61.4 Å². The minimum Gasteiger partial charge on any atom is -0.331 e. The van der Waals surface area contributed by atoms with Crippen LogP contribution in [0.4, 0.5) is 0 Å². The van der Waals surface area contributed by atoms with Crippen molar-refractivity contribution >= 4 is 11.0 Å². The van der Waals surface area contributed by atoms with Gasteiger partial charge in [-0.1, -0.05) is 12.1 Å². The van der Waals surface area contributed by atoms with Gasteiger partial charge in [-0.3, -0.25) is 0 Å². The molecule has 3 heterocycles. The molecule has 3 aromatic heterocycles. The molecule has 1 saturated carbocycles. The molecule has 0 N–H and O–H groups in total. The van der Waals surface area contributed by atoms with E-state index in [1.54, 1.807) is 0 Å². The Balaban J connectivity index is 1.51. The molecule has 0 amide bonds. The van der Waals surface area contributed by atoms with E-state index in [9.17, 15) is 0 Å². The van der Waals surface area contributed by atoms with Crippen LogP contribution >= 0.6 is 0 Å². The molecule has 6 heteroatoms. The van der Waals surface area contributed by atoms with Crippen molar-refractivity contribution in [3.05, 3.63) is 65.1 Å². The molecule has 136 valence electrons. The fourth-order valence-electron chi connectivity index (χ4n) is 4.08. The number of pyridine rings is 1. The lowest BCUT2D eigenvalue weighted by atomic mass is 10.1. The van der Waals surface area contributed by atoms with Crippen LogP contribution in [0.3, 0.4) is 0 Å². The van der Waals surface area contributed by atoms with Crippen LogP contribution in [0.2, 0.25) is 0 Å². The summed E-state index contributed by atoms with van der Waals surface area (Å²) in [5, 5.41) is 4.49. The van der Waals surface area contributed by atoms with E-state index in [-0.39, 0.29) is 0 Å². The Morgan fingerprint density at radius 2 is 1.78 bits per heavy atom. The number of aryl methyl sites for hydroxylation is 4.